The van der Waals surface area contributed by atoms with E-state index in [1.54, 1.807) is 12.4 Å². The first kappa shape index (κ1) is 11.6. The van der Waals surface area contributed by atoms with Gasteiger partial charge in [0.05, 0.1) is 11.9 Å². The molecule has 96 valence electrons. The fourth-order valence-corrected chi connectivity index (χ4v) is 3.31. The van der Waals surface area contributed by atoms with Crippen molar-refractivity contribution in [2.75, 3.05) is 6.54 Å². The fraction of sp³-hybridized carbons (Fsp3) is 0.643. The summed E-state index contributed by atoms with van der Waals surface area (Å²) >= 11 is 0. The van der Waals surface area contributed by atoms with Crippen molar-refractivity contribution in [3.8, 4) is 0 Å². The van der Waals surface area contributed by atoms with Crippen LogP contribution >= 0.6 is 0 Å². The number of rotatable bonds is 1. The first-order valence-corrected chi connectivity index (χ1v) is 6.85. The van der Waals surface area contributed by atoms with Gasteiger partial charge in [-0.15, -0.1) is 0 Å². The Balaban J connectivity index is 1.78. The summed E-state index contributed by atoms with van der Waals surface area (Å²) in [5.41, 5.74) is 1.34. The first-order chi connectivity index (χ1) is 8.75. The summed E-state index contributed by atoms with van der Waals surface area (Å²) in [6, 6.07) is 0.453. The van der Waals surface area contributed by atoms with Gasteiger partial charge in [-0.25, -0.2) is 4.98 Å². The van der Waals surface area contributed by atoms with Crippen LogP contribution in [-0.2, 0) is 0 Å². The largest absolute Gasteiger partial charge is 0.334 e. The summed E-state index contributed by atoms with van der Waals surface area (Å²) in [6.07, 6.45) is 9.47. The highest BCUT2D eigenvalue weighted by atomic mass is 16.2. The number of carbonyl (C=O) groups excluding carboxylic acids is 1. The molecule has 2 unspecified atom stereocenters. The van der Waals surface area contributed by atoms with Crippen LogP contribution in [0.15, 0.2) is 12.4 Å². The normalized spacial score (nSPS) is 27.1. The molecule has 2 atom stereocenters. The van der Waals surface area contributed by atoms with Crippen LogP contribution in [0.3, 0.4) is 0 Å². The van der Waals surface area contributed by atoms with Crippen LogP contribution in [0, 0.1) is 12.8 Å². The van der Waals surface area contributed by atoms with E-state index in [-0.39, 0.29) is 5.91 Å². The standard InChI is InChI=1S/C14H19N3O/c1-10-8-16-12(9-15-10)14(18)17-7-6-11-4-2-3-5-13(11)17/h8-9,11,13H,2-7H2,1H3. The van der Waals surface area contributed by atoms with Crippen molar-refractivity contribution in [3.05, 3.63) is 23.8 Å². The zero-order valence-corrected chi connectivity index (χ0v) is 10.8. The van der Waals surface area contributed by atoms with E-state index in [1.807, 2.05) is 11.8 Å². The number of hydrogen-bond donors (Lipinski definition) is 0. The molecule has 1 saturated heterocycles. The maximum atomic E-state index is 12.4. The summed E-state index contributed by atoms with van der Waals surface area (Å²) in [5.74, 6) is 0.790. The number of hydrogen-bond acceptors (Lipinski definition) is 3. The molecule has 1 aliphatic heterocycles. The van der Waals surface area contributed by atoms with Crippen molar-refractivity contribution in [1.29, 1.82) is 0 Å². The SMILES string of the molecule is Cc1cnc(C(=O)N2CCC3CCCCC32)cn1. The lowest BCUT2D eigenvalue weighted by Gasteiger charge is -2.31. The second-order valence-corrected chi connectivity index (χ2v) is 5.44. The molecule has 1 saturated carbocycles. The van der Waals surface area contributed by atoms with E-state index < -0.39 is 0 Å². The van der Waals surface area contributed by atoms with Crippen molar-refractivity contribution in [2.45, 2.75) is 45.1 Å². The molecule has 0 spiro atoms. The Morgan fingerprint density at radius 3 is 2.83 bits per heavy atom. The predicted molar refractivity (Wildman–Crippen MR) is 68.2 cm³/mol. The molecule has 18 heavy (non-hydrogen) atoms. The Morgan fingerprint density at radius 2 is 2.06 bits per heavy atom. The molecule has 2 fully saturated rings. The molecule has 0 aromatic carbocycles. The molecule has 3 rings (SSSR count). The van der Waals surface area contributed by atoms with E-state index in [1.165, 1.54) is 19.3 Å². The van der Waals surface area contributed by atoms with Gasteiger partial charge < -0.3 is 4.90 Å². The molecule has 0 N–H and O–H groups in total. The molecule has 2 aliphatic rings. The quantitative estimate of drug-likeness (QED) is 0.762. The van der Waals surface area contributed by atoms with Crippen LogP contribution in [0.5, 0.6) is 0 Å². The van der Waals surface area contributed by atoms with Gasteiger partial charge in [-0.05, 0) is 32.1 Å². The van der Waals surface area contributed by atoms with E-state index in [0.717, 1.165) is 31.0 Å². The number of amides is 1. The molecule has 0 radical (unpaired) electrons. The van der Waals surface area contributed by atoms with E-state index in [4.69, 9.17) is 0 Å². The van der Waals surface area contributed by atoms with Crippen molar-refractivity contribution < 1.29 is 4.79 Å². The van der Waals surface area contributed by atoms with Gasteiger partial charge in [0.1, 0.15) is 5.69 Å². The summed E-state index contributed by atoms with van der Waals surface area (Å²) < 4.78 is 0. The minimum absolute atomic E-state index is 0.0666. The predicted octanol–water partition coefficient (Wildman–Crippen LogP) is 2.19. The lowest BCUT2D eigenvalue weighted by Crippen LogP contribution is -2.39. The van der Waals surface area contributed by atoms with Crippen molar-refractivity contribution >= 4 is 5.91 Å². The third kappa shape index (κ3) is 2.00. The number of nitrogens with zero attached hydrogens (tertiary/aromatic N) is 3. The monoisotopic (exact) mass is 245 g/mol. The number of carbonyl (C=O) groups is 1. The molecule has 0 bridgehead atoms. The molecule has 1 aliphatic carbocycles. The Kier molecular flexibility index (Phi) is 3.02. The van der Waals surface area contributed by atoms with Crippen molar-refractivity contribution in [2.24, 2.45) is 5.92 Å². The highest BCUT2D eigenvalue weighted by Gasteiger charge is 2.38. The van der Waals surface area contributed by atoms with E-state index in [9.17, 15) is 4.79 Å². The highest BCUT2D eigenvalue weighted by Crippen LogP contribution is 2.36. The van der Waals surface area contributed by atoms with Crippen molar-refractivity contribution in [3.63, 3.8) is 0 Å². The van der Waals surface area contributed by atoms with E-state index >= 15 is 0 Å². The maximum absolute atomic E-state index is 12.4. The van der Waals surface area contributed by atoms with E-state index in [0.29, 0.717) is 11.7 Å². The number of aromatic nitrogens is 2. The minimum Gasteiger partial charge on any atom is -0.334 e. The molecule has 1 aromatic rings. The van der Waals surface area contributed by atoms with Gasteiger partial charge in [-0.3, -0.25) is 9.78 Å². The van der Waals surface area contributed by atoms with E-state index in [2.05, 4.69) is 9.97 Å². The molecule has 4 heteroatoms. The Labute approximate surface area is 107 Å². The topological polar surface area (TPSA) is 46.1 Å². The van der Waals surface area contributed by atoms with Crippen LogP contribution < -0.4 is 0 Å². The maximum Gasteiger partial charge on any atom is 0.274 e. The van der Waals surface area contributed by atoms with Crippen LogP contribution in [0.1, 0.15) is 48.3 Å². The second-order valence-electron chi connectivity index (χ2n) is 5.44. The number of aryl methyl sites for hydroxylation is 1. The smallest absolute Gasteiger partial charge is 0.274 e. The Hall–Kier alpha value is -1.45. The van der Waals surface area contributed by atoms with Crippen LogP contribution in [0.4, 0.5) is 0 Å². The average Bonchev–Trinajstić information content (AvgIpc) is 2.82. The Bertz CT molecular complexity index is 443. The van der Waals surface area contributed by atoms with Gasteiger partial charge in [0, 0.05) is 18.8 Å². The van der Waals surface area contributed by atoms with Crippen LogP contribution in [0.25, 0.3) is 0 Å². The van der Waals surface area contributed by atoms with Gasteiger partial charge >= 0.3 is 0 Å². The second kappa shape index (κ2) is 4.67. The molecular weight excluding hydrogens is 226 g/mol. The van der Waals surface area contributed by atoms with Gasteiger partial charge in [-0.2, -0.15) is 0 Å². The van der Waals surface area contributed by atoms with Gasteiger partial charge in [0.2, 0.25) is 0 Å². The molecule has 2 heterocycles. The van der Waals surface area contributed by atoms with Crippen LogP contribution in [-0.4, -0.2) is 33.4 Å². The number of likely N-dealkylation sites (tertiary alicyclic amines) is 1. The molecule has 1 amide bonds. The first-order valence-electron chi connectivity index (χ1n) is 6.85. The van der Waals surface area contributed by atoms with Crippen molar-refractivity contribution in [1.82, 2.24) is 14.9 Å². The lowest BCUT2D eigenvalue weighted by atomic mass is 9.85. The van der Waals surface area contributed by atoms with Gasteiger partial charge in [0.15, 0.2) is 0 Å². The molecular formula is C14H19N3O. The Morgan fingerprint density at radius 1 is 1.22 bits per heavy atom. The molecule has 4 nitrogen and oxygen atoms in total. The zero-order valence-electron chi connectivity index (χ0n) is 10.8. The summed E-state index contributed by atoms with van der Waals surface area (Å²) in [5, 5.41) is 0. The average molecular weight is 245 g/mol. The van der Waals surface area contributed by atoms with Gasteiger partial charge in [0.25, 0.3) is 5.91 Å². The minimum atomic E-state index is 0.0666. The number of fused-ring (bicyclic) bond motifs is 1. The summed E-state index contributed by atoms with van der Waals surface area (Å²) in [7, 11) is 0. The molecule has 1 aromatic heterocycles. The zero-order chi connectivity index (χ0) is 12.5. The highest BCUT2D eigenvalue weighted by molar-refractivity contribution is 5.92. The van der Waals surface area contributed by atoms with Crippen LogP contribution in [0.2, 0.25) is 0 Å². The third-order valence-electron chi connectivity index (χ3n) is 4.27. The van der Waals surface area contributed by atoms with Gasteiger partial charge in [-0.1, -0.05) is 12.8 Å². The third-order valence-corrected chi connectivity index (χ3v) is 4.27. The lowest BCUT2D eigenvalue weighted by molar-refractivity contribution is 0.0683. The fourth-order valence-electron chi connectivity index (χ4n) is 3.31. The summed E-state index contributed by atoms with van der Waals surface area (Å²) in [6.45, 7) is 2.78. The summed E-state index contributed by atoms with van der Waals surface area (Å²) in [4.78, 5) is 22.8.